The fourth-order valence-electron chi connectivity index (χ4n) is 3.10. The third kappa shape index (κ3) is 4.32. The second kappa shape index (κ2) is 8.39. The molecule has 8 heteroatoms. The SMILES string of the molecule is C[C@H](Sc1nnc([C@H](C)N(C)C)n1-c1ccc(F)cc1)C(=O)N1CCCC1. The van der Waals surface area contributed by atoms with Crippen LogP contribution in [0.15, 0.2) is 29.4 Å². The van der Waals surface area contributed by atoms with Crippen LogP contribution in [0.25, 0.3) is 5.69 Å². The molecule has 1 fully saturated rings. The Labute approximate surface area is 163 Å². The van der Waals surface area contributed by atoms with Gasteiger partial charge in [0.15, 0.2) is 11.0 Å². The van der Waals surface area contributed by atoms with E-state index in [4.69, 9.17) is 0 Å². The molecule has 1 aliphatic rings. The molecule has 146 valence electrons. The monoisotopic (exact) mass is 391 g/mol. The Balaban J connectivity index is 1.92. The molecule has 2 heterocycles. The Morgan fingerprint density at radius 3 is 2.37 bits per heavy atom. The highest BCUT2D eigenvalue weighted by molar-refractivity contribution is 8.00. The molecule has 2 atom stereocenters. The summed E-state index contributed by atoms with van der Waals surface area (Å²) in [5.41, 5.74) is 0.786. The standard InChI is InChI=1S/C19H26FN5OS/c1-13(23(3)4)17-21-22-19(25(17)16-9-7-15(20)8-10-16)27-14(2)18(26)24-11-5-6-12-24/h7-10,13-14H,5-6,11-12H2,1-4H3/t13-,14-/m0/s1. The lowest BCUT2D eigenvalue weighted by atomic mass is 10.2. The maximum absolute atomic E-state index is 13.4. The first-order chi connectivity index (χ1) is 12.9. The number of hydrogen-bond acceptors (Lipinski definition) is 5. The highest BCUT2D eigenvalue weighted by Crippen LogP contribution is 2.30. The smallest absolute Gasteiger partial charge is 0.235 e. The molecule has 0 aliphatic carbocycles. The molecule has 3 rings (SSSR count). The molecule has 0 radical (unpaired) electrons. The van der Waals surface area contributed by atoms with Crippen molar-refractivity contribution in [3.63, 3.8) is 0 Å². The molecular weight excluding hydrogens is 365 g/mol. The van der Waals surface area contributed by atoms with Gasteiger partial charge in [0.05, 0.1) is 11.3 Å². The fraction of sp³-hybridized carbons (Fsp3) is 0.526. The summed E-state index contributed by atoms with van der Waals surface area (Å²) >= 11 is 1.40. The van der Waals surface area contributed by atoms with Crippen molar-refractivity contribution in [1.82, 2.24) is 24.6 Å². The lowest BCUT2D eigenvalue weighted by Crippen LogP contribution is -2.34. The van der Waals surface area contributed by atoms with Gasteiger partial charge in [0, 0.05) is 18.8 Å². The van der Waals surface area contributed by atoms with E-state index >= 15 is 0 Å². The highest BCUT2D eigenvalue weighted by Gasteiger charge is 2.27. The minimum Gasteiger partial charge on any atom is -0.342 e. The van der Waals surface area contributed by atoms with Crippen molar-refractivity contribution in [2.75, 3.05) is 27.2 Å². The van der Waals surface area contributed by atoms with Gasteiger partial charge in [-0.3, -0.25) is 14.3 Å². The van der Waals surface area contributed by atoms with Crippen molar-refractivity contribution >= 4 is 17.7 Å². The fourth-order valence-corrected chi connectivity index (χ4v) is 4.05. The van der Waals surface area contributed by atoms with Gasteiger partial charge in [-0.25, -0.2) is 4.39 Å². The van der Waals surface area contributed by atoms with Gasteiger partial charge in [-0.2, -0.15) is 0 Å². The van der Waals surface area contributed by atoms with E-state index in [0.29, 0.717) is 5.16 Å². The van der Waals surface area contributed by atoms with E-state index in [1.807, 2.05) is 42.3 Å². The molecule has 1 aromatic heterocycles. The number of nitrogens with zero attached hydrogens (tertiary/aromatic N) is 5. The van der Waals surface area contributed by atoms with Crippen LogP contribution in [0.2, 0.25) is 0 Å². The van der Waals surface area contributed by atoms with Crippen molar-refractivity contribution < 1.29 is 9.18 Å². The number of likely N-dealkylation sites (tertiary alicyclic amines) is 1. The molecule has 0 unspecified atom stereocenters. The van der Waals surface area contributed by atoms with Crippen molar-refractivity contribution in [2.45, 2.75) is 43.1 Å². The van der Waals surface area contributed by atoms with Gasteiger partial charge in [-0.1, -0.05) is 11.8 Å². The predicted molar refractivity (Wildman–Crippen MR) is 105 cm³/mol. The quantitative estimate of drug-likeness (QED) is 0.708. The summed E-state index contributed by atoms with van der Waals surface area (Å²) in [5.74, 6) is 0.601. The zero-order valence-electron chi connectivity index (χ0n) is 16.2. The minimum absolute atomic E-state index is 0.0153. The van der Waals surface area contributed by atoms with E-state index in [9.17, 15) is 9.18 Å². The third-order valence-corrected chi connectivity index (χ3v) is 5.97. The second-order valence-electron chi connectivity index (χ2n) is 7.08. The van der Waals surface area contributed by atoms with Gasteiger partial charge >= 0.3 is 0 Å². The van der Waals surface area contributed by atoms with Crippen LogP contribution in [0.3, 0.4) is 0 Å². The number of rotatable bonds is 6. The first kappa shape index (κ1) is 19.8. The Morgan fingerprint density at radius 1 is 1.15 bits per heavy atom. The number of benzene rings is 1. The van der Waals surface area contributed by atoms with Crippen molar-refractivity contribution in [2.24, 2.45) is 0 Å². The molecule has 0 saturated carbocycles. The van der Waals surface area contributed by atoms with Gasteiger partial charge in [0.2, 0.25) is 5.91 Å². The Kier molecular flexibility index (Phi) is 6.16. The van der Waals surface area contributed by atoms with Crippen molar-refractivity contribution in [1.29, 1.82) is 0 Å². The number of hydrogen-bond donors (Lipinski definition) is 0. The zero-order chi connectivity index (χ0) is 19.6. The van der Waals surface area contributed by atoms with Crippen LogP contribution < -0.4 is 0 Å². The molecular formula is C19H26FN5OS. The van der Waals surface area contributed by atoms with Crippen LogP contribution in [0, 0.1) is 5.82 Å². The molecule has 0 N–H and O–H groups in total. The summed E-state index contributed by atoms with van der Waals surface area (Å²) in [5, 5.41) is 9.12. The lowest BCUT2D eigenvalue weighted by molar-refractivity contribution is -0.129. The third-order valence-electron chi connectivity index (χ3n) is 4.94. The largest absolute Gasteiger partial charge is 0.342 e. The van der Waals surface area contributed by atoms with E-state index in [1.165, 1.54) is 23.9 Å². The van der Waals surface area contributed by atoms with Gasteiger partial charge < -0.3 is 4.90 Å². The van der Waals surface area contributed by atoms with Crippen LogP contribution in [0.5, 0.6) is 0 Å². The molecule has 6 nitrogen and oxygen atoms in total. The van der Waals surface area contributed by atoms with E-state index in [0.717, 1.165) is 37.4 Å². The molecule has 27 heavy (non-hydrogen) atoms. The summed E-state index contributed by atoms with van der Waals surface area (Å²) in [6.45, 7) is 5.61. The summed E-state index contributed by atoms with van der Waals surface area (Å²) in [7, 11) is 3.95. The minimum atomic E-state index is -0.291. The number of carbonyl (C=O) groups excluding carboxylic acids is 1. The van der Waals surface area contributed by atoms with Gasteiger partial charge in [0.25, 0.3) is 0 Å². The average Bonchev–Trinajstić information content (AvgIpc) is 3.31. The number of carbonyl (C=O) groups is 1. The first-order valence-electron chi connectivity index (χ1n) is 9.21. The average molecular weight is 392 g/mol. The first-order valence-corrected chi connectivity index (χ1v) is 10.1. The van der Waals surface area contributed by atoms with Crippen LogP contribution in [0.1, 0.15) is 38.6 Å². The summed E-state index contributed by atoms with van der Waals surface area (Å²) in [6, 6.07) is 6.28. The van der Waals surface area contributed by atoms with Crippen molar-refractivity contribution in [3.8, 4) is 5.69 Å². The van der Waals surface area contributed by atoms with Crippen LogP contribution >= 0.6 is 11.8 Å². The van der Waals surface area contributed by atoms with E-state index in [-0.39, 0.29) is 23.0 Å². The molecule has 1 saturated heterocycles. The topological polar surface area (TPSA) is 54.3 Å². The summed E-state index contributed by atoms with van der Waals surface area (Å²) in [6.07, 6.45) is 2.14. The number of aromatic nitrogens is 3. The summed E-state index contributed by atoms with van der Waals surface area (Å²) in [4.78, 5) is 16.6. The molecule has 1 amide bonds. The van der Waals surface area contributed by atoms with E-state index in [2.05, 4.69) is 10.2 Å². The van der Waals surface area contributed by atoms with Crippen LogP contribution in [0.4, 0.5) is 4.39 Å². The number of halogens is 1. The van der Waals surface area contributed by atoms with Gasteiger partial charge in [0.1, 0.15) is 5.82 Å². The number of thioether (sulfide) groups is 1. The van der Waals surface area contributed by atoms with E-state index in [1.54, 1.807) is 12.1 Å². The molecule has 2 aromatic rings. The Hall–Kier alpha value is -1.93. The molecule has 0 spiro atoms. The lowest BCUT2D eigenvalue weighted by Gasteiger charge is -2.22. The van der Waals surface area contributed by atoms with Gasteiger partial charge in [-0.05, 0) is 65.0 Å². The normalized spacial score (nSPS) is 16.7. The molecule has 1 aliphatic heterocycles. The number of amides is 1. The predicted octanol–water partition coefficient (Wildman–Crippen LogP) is 3.13. The summed E-state index contributed by atoms with van der Waals surface area (Å²) < 4.78 is 15.3. The maximum Gasteiger partial charge on any atom is 0.235 e. The Bertz CT molecular complexity index is 786. The Morgan fingerprint density at radius 2 is 1.78 bits per heavy atom. The molecule has 0 bridgehead atoms. The maximum atomic E-state index is 13.4. The van der Waals surface area contributed by atoms with Crippen molar-refractivity contribution in [3.05, 3.63) is 35.9 Å². The van der Waals surface area contributed by atoms with E-state index < -0.39 is 0 Å². The van der Waals surface area contributed by atoms with Gasteiger partial charge in [-0.15, -0.1) is 10.2 Å². The zero-order valence-corrected chi connectivity index (χ0v) is 17.0. The molecule has 1 aromatic carbocycles. The van der Waals surface area contributed by atoms with Crippen LogP contribution in [-0.2, 0) is 4.79 Å². The van der Waals surface area contributed by atoms with Crippen LogP contribution in [-0.4, -0.2) is 62.9 Å². The highest BCUT2D eigenvalue weighted by atomic mass is 32.2. The second-order valence-corrected chi connectivity index (χ2v) is 8.39.